The highest BCUT2D eigenvalue weighted by molar-refractivity contribution is 6.44. The molecule has 47 heavy (non-hydrogen) atoms. The summed E-state index contributed by atoms with van der Waals surface area (Å²) in [5.41, 5.74) is 15.0. The van der Waals surface area contributed by atoms with E-state index in [1.165, 1.54) is 6.92 Å². The van der Waals surface area contributed by atoms with E-state index in [0.717, 1.165) is 24.1 Å². The van der Waals surface area contributed by atoms with E-state index in [1.54, 1.807) is 23.1 Å². The number of hydrogen-bond donors (Lipinski definition) is 4. The molecule has 2 aromatic carbocycles. The van der Waals surface area contributed by atoms with Crippen LogP contribution in [-0.2, 0) is 28.0 Å². The molecule has 252 valence electrons. The van der Waals surface area contributed by atoms with Gasteiger partial charge in [0.05, 0.1) is 17.3 Å². The highest BCUT2D eigenvalue weighted by atomic mass is 35.5. The van der Waals surface area contributed by atoms with Crippen molar-refractivity contribution in [1.29, 1.82) is 0 Å². The zero-order valence-electron chi connectivity index (χ0n) is 27.1. The van der Waals surface area contributed by atoms with Gasteiger partial charge < -0.3 is 31.7 Å². The van der Waals surface area contributed by atoms with E-state index < -0.39 is 6.04 Å². The van der Waals surface area contributed by atoms with Gasteiger partial charge >= 0.3 is 0 Å². The average Bonchev–Trinajstić information content (AvgIpc) is 3.41. The summed E-state index contributed by atoms with van der Waals surface area (Å²) in [4.78, 5) is 42.6. The van der Waals surface area contributed by atoms with Crippen molar-refractivity contribution in [3.05, 3.63) is 63.8 Å². The number of rotatable bonds is 12. The highest BCUT2D eigenvalue weighted by Crippen LogP contribution is 2.40. The van der Waals surface area contributed by atoms with Crippen molar-refractivity contribution in [2.75, 3.05) is 25.0 Å². The monoisotopic (exact) mass is 684 g/mol. The minimum Gasteiger partial charge on any atom is -0.487 e. The summed E-state index contributed by atoms with van der Waals surface area (Å²) < 4.78 is 7.78. The maximum Gasteiger partial charge on any atom is 0.245 e. The molecule has 0 bridgehead atoms. The van der Waals surface area contributed by atoms with Gasteiger partial charge in [-0.1, -0.05) is 49.2 Å². The summed E-state index contributed by atoms with van der Waals surface area (Å²) >= 11 is 13.3. The van der Waals surface area contributed by atoms with Crippen LogP contribution in [0, 0.1) is 5.92 Å². The molecule has 0 saturated carbocycles. The van der Waals surface area contributed by atoms with Gasteiger partial charge in [-0.05, 0) is 61.1 Å². The molecule has 3 amide bonds. The van der Waals surface area contributed by atoms with Gasteiger partial charge in [-0.25, -0.2) is 4.99 Å². The van der Waals surface area contributed by atoms with Gasteiger partial charge in [0.1, 0.15) is 23.4 Å². The molecule has 2 heterocycles. The van der Waals surface area contributed by atoms with Gasteiger partial charge in [-0.3, -0.25) is 19.1 Å². The molecule has 12 nitrogen and oxygen atoms in total. The summed E-state index contributed by atoms with van der Waals surface area (Å²) in [7, 11) is 1.89. The number of aliphatic imine (C=N–C) groups is 1. The number of piperidine rings is 1. The van der Waals surface area contributed by atoms with E-state index >= 15 is 0 Å². The summed E-state index contributed by atoms with van der Waals surface area (Å²) in [6.45, 7) is 6.67. The van der Waals surface area contributed by atoms with Crippen molar-refractivity contribution in [2.45, 2.75) is 58.6 Å². The lowest BCUT2D eigenvalue weighted by molar-refractivity contribution is -0.134. The molecule has 1 aromatic heterocycles. The third-order valence-corrected chi connectivity index (χ3v) is 8.75. The number of aryl methyl sites for hydroxylation is 1. The molecule has 0 radical (unpaired) electrons. The van der Waals surface area contributed by atoms with Gasteiger partial charge in [0.2, 0.25) is 17.7 Å². The van der Waals surface area contributed by atoms with E-state index in [2.05, 4.69) is 15.6 Å². The Labute approximate surface area is 284 Å². The van der Waals surface area contributed by atoms with E-state index in [-0.39, 0.29) is 48.7 Å². The molecule has 1 saturated heterocycles. The lowest BCUT2D eigenvalue weighted by atomic mass is 9.92. The third-order valence-electron chi connectivity index (χ3n) is 7.89. The highest BCUT2D eigenvalue weighted by Gasteiger charge is 2.28. The van der Waals surface area contributed by atoms with Gasteiger partial charge in [0, 0.05) is 49.9 Å². The van der Waals surface area contributed by atoms with E-state index in [0.29, 0.717) is 52.2 Å². The number of carbonyl (C=O) groups is 3. The van der Waals surface area contributed by atoms with E-state index in [1.807, 2.05) is 49.8 Å². The third kappa shape index (κ3) is 9.61. The number of nitrogens with one attached hydrogen (secondary N) is 2. The normalized spacial score (nSPS) is 14.1. The van der Waals surface area contributed by atoms with Crippen LogP contribution in [0.25, 0.3) is 11.3 Å². The first-order chi connectivity index (χ1) is 22.3. The number of nitrogens with two attached hydrogens (primary N) is 2. The topological polar surface area (TPSA) is 170 Å². The molecule has 1 aliphatic heterocycles. The van der Waals surface area contributed by atoms with Crippen LogP contribution in [-0.4, -0.2) is 64.0 Å². The Morgan fingerprint density at radius 1 is 1.06 bits per heavy atom. The minimum atomic E-state index is -0.731. The molecular formula is C33H42Cl2N8O4. The maximum absolute atomic E-state index is 12.9. The number of likely N-dealkylation sites (tertiary alicyclic amines) is 1. The standard InChI is InChI=1S/C33H42Cl2N8O4/c1-19(2)15-26(40-33(36)37)32(46)38-17-29(45)43-13-11-22(12-14-43)27-16-25(41-42(27)4)24-9-10-28(31(35)30(24)34)47-18-21-5-7-23(8-6-21)39-20(3)44/h5-10,16,19,22,26H,11-15,17-18H2,1-4H3,(H,38,46)(H,39,44)(H4,36,37,40)/t26-/m1/s1. The quantitative estimate of drug-likeness (QED) is 0.161. The number of hydrogen-bond acceptors (Lipinski definition) is 6. The first-order valence-electron chi connectivity index (χ1n) is 15.5. The van der Waals surface area contributed by atoms with E-state index in [9.17, 15) is 14.4 Å². The lowest BCUT2D eigenvalue weighted by Gasteiger charge is -2.32. The van der Waals surface area contributed by atoms with Gasteiger partial charge in [0.15, 0.2) is 5.96 Å². The summed E-state index contributed by atoms with van der Waals surface area (Å²) in [6.07, 6.45) is 1.97. The second-order valence-electron chi connectivity index (χ2n) is 12.1. The van der Waals surface area contributed by atoms with Gasteiger partial charge in [-0.2, -0.15) is 5.10 Å². The largest absolute Gasteiger partial charge is 0.487 e. The van der Waals surface area contributed by atoms with Crippen molar-refractivity contribution < 1.29 is 19.1 Å². The number of amides is 3. The molecule has 1 atom stereocenters. The molecule has 14 heteroatoms. The smallest absolute Gasteiger partial charge is 0.245 e. The van der Waals surface area contributed by atoms with Crippen LogP contribution < -0.4 is 26.8 Å². The summed E-state index contributed by atoms with van der Waals surface area (Å²) in [6, 6.07) is 12.2. The van der Waals surface area contributed by atoms with Gasteiger partial charge in [-0.15, -0.1) is 0 Å². The molecule has 4 rings (SSSR count). The Kier molecular flexibility index (Phi) is 12.1. The summed E-state index contributed by atoms with van der Waals surface area (Å²) in [5, 5.41) is 10.8. The van der Waals surface area contributed by atoms with E-state index in [4.69, 9.17) is 44.5 Å². The number of ether oxygens (including phenoxy) is 1. The molecule has 1 aliphatic rings. The van der Waals surface area contributed by atoms with Crippen LogP contribution >= 0.6 is 23.2 Å². The fourth-order valence-electron chi connectivity index (χ4n) is 5.55. The van der Waals surface area contributed by atoms with Crippen molar-refractivity contribution in [3.63, 3.8) is 0 Å². The summed E-state index contributed by atoms with van der Waals surface area (Å²) in [5.74, 6) is 0.0227. The van der Waals surface area contributed by atoms with Crippen molar-refractivity contribution >= 4 is 52.6 Å². The molecule has 6 N–H and O–H groups in total. The zero-order valence-corrected chi connectivity index (χ0v) is 28.6. The first-order valence-corrected chi connectivity index (χ1v) is 16.2. The predicted molar refractivity (Wildman–Crippen MR) is 184 cm³/mol. The number of nitrogens with zero attached hydrogens (tertiary/aromatic N) is 4. The Morgan fingerprint density at radius 2 is 1.74 bits per heavy atom. The fourth-order valence-corrected chi connectivity index (χ4v) is 6.02. The first kappa shape index (κ1) is 35.6. The van der Waals surface area contributed by atoms with Crippen LogP contribution in [0.5, 0.6) is 5.75 Å². The zero-order chi connectivity index (χ0) is 34.2. The van der Waals surface area contributed by atoms with Crippen LogP contribution in [0.3, 0.4) is 0 Å². The number of anilines is 1. The van der Waals surface area contributed by atoms with Crippen LogP contribution in [0.1, 0.15) is 57.2 Å². The number of benzene rings is 2. The van der Waals surface area contributed by atoms with Crippen molar-refractivity contribution in [2.24, 2.45) is 29.4 Å². The molecule has 1 fully saturated rings. The average molecular weight is 686 g/mol. The number of guanidine groups is 1. The second kappa shape index (κ2) is 16.0. The second-order valence-corrected chi connectivity index (χ2v) is 12.8. The van der Waals surface area contributed by atoms with Crippen LogP contribution in [0.15, 0.2) is 47.5 Å². The lowest BCUT2D eigenvalue weighted by Crippen LogP contribution is -2.46. The maximum atomic E-state index is 12.9. The van der Waals surface area contributed by atoms with Crippen molar-refractivity contribution in [3.8, 4) is 17.0 Å². The molecule has 0 unspecified atom stereocenters. The number of aromatic nitrogens is 2. The molecule has 0 aliphatic carbocycles. The Morgan fingerprint density at radius 3 is 2.36 bits per heavy atom. The fraction of sp³-hybridized carbons (Fsp3) is 0.424. The number of halogens is 2. The Hall–Kier alpha value is -4.29. The number of carbonyl (C=O) groups excluding carboxylic acids is 3. The molecule has 0 spiro atoms. The Bertz CT molecular complexity index is 1610. The minimum absolute atomic E-state index is 0.113. The van der Waals surface area contributed by atoms with Gasteiger partial charge in [0.25, 0.3) is 0 Å². The van der Waals surface area contributed by atoms with Crippen LogP contribution in [0.4, 0.5) is 5.69 Å². The molecular weight excluding hydrogens is 643 g/mol. The SMILES string of the molecule is CC(=O)Nc1ccc(COc2ccc(-c3cc(C4CCN(C(=O)CNC(=O)[C@@H](CC(C)C)N=C(N)N)CC4)n(C)n3)c(Cl)c2Cl)cc1. The predicted octanol–water partition coefficient (Wildman–Crippen LogP) is 4.44. The Balaban J connectivity index is 1.33. The molecule has 3 aromatic rings. The van der Waals surface area contributed by atoms with Crippen LogP contribution in [0.2, 0.25) is 10.0 Å². The van der Waals surface area contributed by atoms with Crippen molar-refractivity contribution in [1.82, 2.24) is 20.0 Å².